The van der Waals surface area contributed by atoms with Crippen molar-refractivity contribution >= 4 is 22.7 Å². The summed E-state index contributed by atoms with van der Waals surface area (Å²) in [5.41, 5.74) is 2.17. The zero-order valence-electron chi connectivity index (χ0n) is 16.2. The van der Waals surface area contributed by atoms with Crippen molar-refractivity contribution in [3.63, 3.8) is 0 Å². The van der Waals surface area contributed by atoms with E-state index in [1.807, 2.05) is 35.4 Å². The smallest absolute Gasteiger partial charge is 0.252 e. The second kappa shape index (κ2) is 8.47. The molecule has 2 heterocycles. The van der Waals surface area contributed by atoms with E-state index >= 15 is 0 Å². The largest absolute Gasteiger partial charge is 0.361 e. The molecule has 150 valence electrons. The number of fused-ring (bicyclic) bond motifs is 1. The van der Waals surface area contributed by atoms with Gasteiger partial charge in [-0.05, 0) is 49.1 Å². The first-order valence-electron chi connectivity index (χ1n) is 10.0. The zero-order chi connectivity index (χ0) is 20.2. The number of aromatic amines is 1. The van der Waals surface area contributed by atoms with Crippen LogP contribution >= 0.6 is 0 Å². The lowest BCUT2D eigenvalue weighted by atomic mass is 10.0. The van der Waals surface area contributed by atoms with E-state index in [-0.39, 0.29) is 11.5 Å². The van der Waals surface area contributed by atoms with E-state index in [0.717, 1.165) is 35.7 Å². The number of piperidine rings is 1. The summed E-state index contributed by atoms with van der Waals surface area (Å²) in [6.45, 7) is 1.41. The Labute approximate surface area is 168 Å². The van der Waals surface area contributed by atoms with Gasteiger partial charge in [-0.1, -0.05) is 24.3 Å². The number of carbonyl (C=O) groups excluding carboxylic acids is 2. The summed E-state index contributed by atoms with van der Waals surface area (Å²) in [4.78, 5) is 31.0. The van der Waals surface area contributed by atoms with Crippen LogP contribution in [0, 0.1) is 5.82 Å². The van der Waals surface area contributed by atoms with E-state index < -0.39 is 17.8 Å². The standard InChI is InChI=1S/C23H24FN3O2/c24-18-8-6-7-16(13-18)22(28)26-21(23(29)27-11-4-1-5-12-27)14-17-15-25-20-10-3-2-9-19(17)20/h2-3,6-10,13,15,21,25H,1,4-5,11-12,14H2,(H,26,28)/t21-/m0/s1. The van der Waals surface area contributed by atoms with Gasteiger partial charge >= 0.3 is 0 Å². The average Bonchev–Trinajstić information content (AvgIpc) is 3.16. The van der Waals surface area contributed by atoms with Crippen LogP contribution in [0.1, 0.15) is 35.2 Å². The van der Waals surface area contributed by atoms with Crippen molar-refractivity contribution in [1.82, 2.24) is 15.2 Å². The first-order chi connectivity index (χ1) is 14.1. The number of nitrogens with zero attached hydrogens (tertiary/aromatic N) is 1. The molecule has 4 rings (SSSR count). The van der Waals surface area contributed by atoms with E-state index in [1.54, 1.807) is 6.07 Å². The first kappa shape index (κ1) is 19.2. The molecule has 1 aliphatic rings. The first-order valence-corrected chi connectivity index (χ1v) is 10.0. The average molecular weight is 393 g/mol. The van der Waals surface area contributed by atoms with Crippen LogP contribution < -0.4 is 5.32 Å². The van der Waals surface area contributed by atoms with E-state index in [9.17, 15) is 14.0 Å². The molecule has 6 heteroatoms. The van der Waals surface area contributed by atoms with Crippen LogP contribution in [-0.4, -0.2) is 40.8 Å². The number of H-pyrrole nitrogens is 1. The predicted octanol–water partition coefficient (Wildman–Crippen LogP) is 3.66. The van der Waals surface area contributed by atoms with Crippen LogP contribution in [0.4, 0.5) is 4.39 Å². The third-order valence-corrected chi connectivity index (χ3v) is 5.46. The summed E-state index contributed by atoms with van der Waals surface area (Å²) >= 11 is 0. The van der Waals surface area contributed by atoms with Crippen LogP contribution in [0.25, 0.3) is 10.9 Å². The highest BCUT2D eigenvalue weighted by molar-refractivity contribution is 5.98. The molecule has 0 aliphatic carbocycles. The number of halogens is 1. The second-order valence-corrected chi connectivity index (χ2v) is 7.49. The summed E-state index contributed by atoms with van der Waals surface area (Å²) in [7, 11) is 0. The molecular formula is C23H24FN3O2. The number of hydrogen-bond acceptors (Lipinski definition) is 2. The maximum Gasteiger partial charge on any atom is 0.252 e. The molecule has 0 radical (unpaired) electrons. The van der Waals surface area contributed by atoms with Crippen molar-refractivity contribution in [3.8, 4) is 0 Å². The predicted molar refractivity (Wildman–Crippen MR) is 110 cm³/mol. The number of para-hydroxylation sites is 1. The quantitative estimate of drug-likeness (QED) is 0.695. The van der Waals surface area contributed by atoms with Gasteiger partial charge in [-0.3, -0.25) is 9.59 Å². The molecule has 3 aromatic rings. The van der Waals surface area contributed by atoms with Crippen LogP contribution in [0.5, 0.6) is 0 Å². The summed E-state index contributed by atoms with van der Waals surface area (Å²) in [6.07, 6.45) is 5.33. The van der Waals surface area contributed by atoms with E-state index in [0.29, 0.717) is 19.5 Å². The Bertz CT molecular complexity index is 1020. The number of hydrogen-bond donors (Lipinski definition) is 2. The highest BCUT2D eigenvalue weighted by Crippen LogP contribution is 2.20. The molecule has 29 heavy (non-hydrogen) atoms. The topological polar surface area (TPSA) is 65.2 Å². The van der Waals surface area contributed by atoms with Crippen molar-refractivity contribution in [2.45, 2.75) is 31.7 Å². The number of likely N-dealkylation sites (tertiary alicyclic amines) is 1. The molecule has 2 amide bonds. The third-order valence-electron chi connectivity index (χ3n) is 5.46. The number of carbonyl (C=O) groups is 2. The van der Waals surface area contributed by atoms with Gasteiger partial charge in [0.2, 0.25) is 5.91 Å². The van der Waals surface area contributed by atoms with Crippen LogP contribution in [-0.2, 0) is 11.2 Å². The van der Waals surface area contributed by atoms with E-state index in [2.05, 4.69) is 10.3 Å². The molecule has 2 N–H and O–H groups in total. The Hall–Kier alpha value is -3.15. The van der Waals surface area contributed by atoms with Gasteiger partial charge < -0.3 is 15.2 Å². The highest BCUT2D eigenvalue weighted by atomic mass is 19.1. The Morgan fingerprint density at radius 1 is 1.07 bits per heavy atom. The lowest BCUT2D eigenvalue weighted by molar-refractivity contribution is -0.134. The zero-order valence-corrected chi connectivity index (χ0v) is 16.2. The minimum Gasteiger partial charge on any atom is -0.361 e. The lowest BCUT2D eigenvalue weighted by Crippen LogP contribution is -2.51. The molecule has 1 saturated heterocycles. The van der Waals surface area contributed by atoms with Gasteiger partial charge in [0.05, 0.1) is 0 Å². The monoisotopic (exact) mass is 393 g/mol. The Kier molecular flexibility index (Phi) is 5.60. The molecular weight excluding hydrogens is 369 g/mol. The Morgan fingerprint density at radius 2 is 1.86 bits per heavy atom. The summed E-state index contributed by atoms with van der Waals surface area (Å²) < 4.78 is 13.5. The number of rotatable bonds is 5. The number of benzene rings is 2. The van der Waals surface area contributed by atoms with Crippen molar-refractivity contribution in [2.75, 3.05) is 13.1 Å². The van der Waals surface area contributed by atoms with E-state index in [1.165, 1.54) is 18.2 Å². The normalized spacial score (nSPS) is 15.3. The molecule has 1 aromatic heterocycles. The van der Waals surface area contributed by atoms with Crippen LogP contribution in [0.15, 0.2) is 54.7 Å². The minimum absolute atomic E-state index is 0.0836. The van der Waals surface area contributed by atoms with Gasteiger partial charge in [-0.25, -0.2) is 4.39 Å². The summed E-state index contributed by atoms with van der Waals surface area (Å²) in [5.74, 6) is -1.01. The fourth-order valence-electron chi connectivity index (χ4n) is 3.93. The van der Waals surface area contributed by atoms with Gasteiger partial charge in [-0.15, -0.1) is 0 Å². The van der Waals surface area contributed by atoms with Crippen molar-refractivity contribution in [2.24, 2.45) is 0 Å². The minimum atomic E-state index is -0.705. The van der Waals surface area contributed by atoms with Gasteiger partial charge in [-0.2, -0.15) is 0 Å². The number of aromatic nitrogens is 1. The molecule has 1 aliphatic heterocycles. The molecule has 0 saturated carbocycles. The Morgan fingerprint density at radius 3 is 2.66 bits per heavy atom. The lowest BCUT2D eigenvalue weighted by Gasteiger charge is -2.30. The van der Waals surface area contributed by atoms with E-state index in [4.69, 9.17) is 0 Å². The molecule has 0 unspecified atom stereocenters. The van der Waals surface area contributed by atoms with Gasteiger partial charge in [0.25, 0.3) is 5.91 Å². The van der Waals surface area contributed by atoms with Crippen molar-refractivity contribution in [1.29, 1.82) is 0 Å². The molecule has 0 bridgehead atoms. The van der Waals surface area contributed by atoms with Crippen LogP contribution in [0.2, 0.25) is 0 Å². The van der Waals surface area contributed by atoms with Crippen molar-refractivity contribution in [3.05, 3.63) is 71.7 Å². The molecule has 0 spiro atoms. The second-order valence-electron chi connectivity index (χ2n) is 7.49. The maximum absolute atomic E-state index is 13.5. The number of amides is 2. The Balaban J connectivity index is 1.59. The fourth-order valence-corrected chi connectivity index (χ4v) is 3.93. The van der Waals surface area contributed by atoms with Gasteiger partial charge in [0.1, 0.15) is 11.9 Å². The molecule has 2 aromatic carbocycles. The summed E-state index contributed by atoms with van der Waals surface area (Å²) in [6, 6.07) is 12.7. The SMILES string of the molecule is O=C(N[C@@H](Cc1c[nH]c2ccccc12)C(=O)N1CCCCC1)c1cccc(F)c1. The molecule has 1 fully saturated rings. The highest BCUT2D eigenvalue weighted by Gasteiger charge is 2.28. The molecule has 5 nitrogen and oxygen atoms in total. The van der Waals surface area contributed by atoms with Gasteiger partial charge in [0.15, 0.2) is 0 Å². The van der Waals surface area contributed by atoms with Gasteiger partial charge in [0, 0.05) is 42.2 Å². The number of nitrogens with one attached hydrogen (secondary N) is 2. The molecule has 1 atom stereocenters. The maximum atomic E-state index is 13.5. The van der Waals surface area contributed by atoms with Crippen molar-refractivity contribution < 1.29 is 14.0 Å². The summed E-state index contributed by atoms with van der Waals surface area (Å²) in [5, 5.41) is 3.88. The van der Waals surface area contributed by atoms with Crippen LogP contribution in [0.3, 0.4) is 0 Å². The fraction of sp³-hybridized carbons (Fsp3) is 0.304. The third kappa shape index (κ3) is 4.31.